The third-order valence-corrected chi connectivity index (χ3v) is 5.86. The van der Waals surface area contributed by atoms with Crippen LogP contribution < -0.4 is 5.32 Å². The molecule has 11 heteroatoms. The fourth-order valence-electron chi connectivity index (χ4n) is 3.85. The molecule has 0 aliphatic carbocycles. The van der Waals surface area contributed by atoms with E-state index in [1.807, 2.05) is 6.92 Å². The van der Waals surface area contributed by atoms with Crippen LogP contribution in [0.15, 0.2) is 24.3 Å². The lowest BCUT2D eigenvalue weighted by Crippen LogP contribution is -2.56. The summed E-state index contributed by atoms with van der Waals surface area (Å²) in [4.78, 5) is 78.5. The lowest BCUT2D eigenvalue weighted by atomic mass is 10.0. The molecule has 5 amide bonds. The van der Waals surface area contributed by atoms with Crippen LogP contribution in [-0.4, -0.2) is 95.6 Å². The van der Waals surface area contributed by atoms with Gasteiger partial charge in [0.25, 0.3) is 17.7 Å². The highest BCUT2D eigenvalue weighted by Gasteiger charge is 2.46. The Morgan fingerprint density at radius 3 is 2.35 bits per heavy atom. The Morgan fingerprint density at radius 1 is 1.15 bits per heavy atom. The molecule has 3 rings (SSSR count). The SMILES string of the molecule is CCN(C)CC(=O)N[C@@H](C)C(=O)OCCN1C(=O)CCC(N2C(=O)c3ccccc3C2=O)C1=O. The number of piperidine rings is 1. The molecule has 0 bridgehead atoms. The topological polar surface area (TPSA) is 133 Å². The zero-order valence-corrected chi connectivity index (χ0v) is 19.4. The lowest BCUT2D eigenvalue weighted by molar-refractivity contribution is -0.156. The molecule has 1 aromatic rings. The molecule has 182 valence electrons. The van der Waals surface area contributed by atoms with Crippen molar-refractivity contribution in [2.45, 2.75) is 38.8 Å². The molecule has 0 aromatic heterocycles. The van der Waals surface area contributed by atoms with Gasteiger partial charge in [-0.1, -0.05) is 19.1 Å². The highest BCUT2D eigenvalue weighted by molar-refractivity contribution is 6.23. The van der Waals surface area contributed by atoms with Crippen molar-refractivity contribution in [2.75, 3.05) is 33.3 Å². The number of likely N-dealkylation sites (N-methyl/N-ethyl adjacent to an activating group) is 1. The van der Waals surface area contributed by atoms with Gasteiger partial charge in [-0.05, 0) is 39.1 Å². The first-order chi connectivity index (χ1) is 16.1. The average molecular weight is 472 g/mol. The molecule has 34 heavy (non-hydrogen) atoms. The monoisotopic (exact) mass is 472 g/mol. The number of nitrogens with one attached hydrogen (secondary N) is 1. The summed E-state index contributed by atoms with van der Waals surface area (Å²) in [5.41, 5.74) is 0.442. The third-order valence-electron chi connectivity index (χ3n) is 5.86. The van der Waals surface area contributed by atoms with E-state index < -0.39 is 41.7 Å². The summed E-state index contributed by atoms with van der Waals surface area (Å²) >= 11 is 0. The zero-order chi connectivity index (χ0) is 25.0. The van der Waals surface area contributed by atoms with Crippen molar-refractivity contribution in [2.24, 2.45) is 0 Å². The van der Waals surface area contributed by atoms with Crippen LogP contribution >= 0.6 is 0 Å². The zero-order valence-electron chi connectivity index (χ0n) is 19.4. The molecular formula is C23H28N4O7. The van der Waals surface area contributed by atoms with E-state index in [1.165, 1.54) is 19.1 Å². The third kappa shape index (κ3) is 5.14. The van der Waals surface area contributed by atoms with Gasteiger partial charge in [0.1, 0.15) is 18.7 Å². The number of esters is 1. The maximum Gasteiger partial charge on any atom is 0.328 e. The predicted octanol–water partition coefficient (Wildman–Crippen LogP) is -0.200. The molecule has 1 fully saturated rings. The fraction of sp³-hybridized carbons (Fsp3) is 0.478. The summed E-state index contributed by atoms with van der Waals surface area (Å²) in [7, 11) is 1.77. The molecular weight excluding hydrogens is 444 g/mol. The molecule has 2 heterocycles. The molecule has 2 atom stereocenters. The number of carbonyl (C=O) groups is 6. The second-order valence-electron chi connectivity index (χ2n) is 8.25. The largest absolute Gasteiger partial charge is 0.462 e. The summed E-state index contributed by atoms with van der Waals surface area (Å²) in [6, 6.07) is 4.29. The van der Waals surface area contributed by atoms with E-state index in [2.05, 4.69) is 5.32 Å². The van der Waals surface area contributed by atoms with Crippen molar-refractivity contribution in [3.63, 3.8) is 0 Å². The van der Waals surface area contributed by atoms with Crippen LogP contribution in [0.1, 0.15) is 47.4 Å². The highest BCUT2D eigenvalue weighted by Crippen LogP contribution is 2.28. The van der Waals surface area contributed by atoms with E-state index in [-0.39, 0.29) is 49.6 Å². The van der Waals surface area contributed by atoms with Gasteiger partial charge in [-0.25, -0.2) is 4.79 Å². The van der Waals surface area contributed by atoms with E-state index in [9.17, 15) is 28.8 Å². The number of imide groups is 2. The van der Waals surface area contributed by atoms with Gasteiger partial charge in [-0.15, -0.1) is 0 Å². The Balaban J connectivity index is 1.56. The van der Waals surface area contributed by atoms with Gasteiger partial charge in [-0.2, -0.15) is 0 Å². The minimum atomic E-state index is -1.10. The van der Waals surface area contributed by atoms with E-state index >= 15 is 0 Å². The van der Waals surface area contributed by atoms with Crippen molar-refractivity contribution in [1.82, 2.24) is 20.0 Å². The van der Waals surface area contributed by atoms with Gasteiger partial charge in [0.05, 0.1) is 24.2 Å². The smallest absolute Gasteiger partial charge is 0.328 e. The second-order valence-corrected chi connectivity index (χ2v) is 8.25. The molecule has 0 saturated carbocycles. The maximum atomic E-state index is 13.0. The number of likely N-dealkylation sites (tertiary alicyclic amines) is 1. The number of hydrogen-bond donors (Lipinski definition) is 1. The number of carbonyl (C=O) groups excluding carboxylic acids is 6. The Bertz CT molecular complexity index is 989. The Hall–Kier alpha value is -3.60. The van der Waals surface area contributed by atoms with E-state index in [4.69, 9.17) is 4.74 Å². The van der Waals surface area contributed by atoms with Crippen molar-refractivity contribution in [1.29, 1.82) is 0 Å². The number of amides is 5. The van der Waals surface area contributed by atoms with E-state index in [0.29, 0.717) is 6.54 Å². The Morgan fingerprint density at radius 2 is 1.76 bits per heavy atom. The highest BCUT2D eigenvalue weighted by atomic mass is 16.5. The van der Waals surface area contributed by atoms with Crippen LogP contribution in [0.3, 0.4) is 0 Å². The second kappa shape index (κ2) is 10.6. The van der Waals surface area contributed by atoms with Crippen LogP contribution in [0, 0.1) is 0 Å². The summed E-state index contributed by atoms with van der Waals surface area (Å²) in [6.45, 7) is 3.67. The van der Waals surface area contributed by atoms with Gasteiger partial charge >= 0.3 is 5.97 Å². The van der Waals surface area contributed by atoms with Gasteiger partial charge in [0.2, 0.25) is 11.8 Å². The average Bonchev–Trinajstić information content (AvgIpc) is 3.06. The first-order valence-electron chi connectivity index (χ1n) is 11.1. The van der Waals surface area contributed by atoms with Gasteiger partial charge in [0, 0.05) is 6.42 Å². The van der Waals surface area contributed by atoms with E-state index in [0.717, 1.165) is 9.80 Å². The Labute approximate surface area is 197 Å². The van der Waals surface area contributed by atoms with Crippen LogP contribution in [0.5, 0.6) is 0 Å². The number of benzene rings is 1. The fourth-order valence-corrected chi connectivity index (χ4v) is 3.85. The summed E-state index contributed by atoms with van der Waals surface area (Å²) in [5, 5.41) is 2.53. The van der Waals surface area contributed by atoms with Crippen LogP contribution in [0.2, 0.25) is 0 Å². The summed E-state index contributed by atoms with van der Waals surface area (Å²) in [5.74, 6) is -3.35. The number of ether oxygens (including phenoxy) is 1. The quantitative estimate of drug-likeness (QED) is 0.386. The van der Waals surface area contributed by atoms with Crippen molar-refractivity contribution >= 4 is 35.5 Å². The van der Waals surface area contributed by atoms with Gasteiger partial charge in [-0.3, -0.25) is 38.7 Å². The van der Waals surface area contributed by atoms with Crippen LogP contribution in [-0.2, 0) is 23.9 Å². The molecule has 1 aromatic carbocycles. The normalized spacial score (nSPS) is 18.9. The number of nitrogens with zero attached hydrogens (tertiary/aromatic N) is 3. The number of fused-ring (bicyclic) bond motifs is 1. The molecule has 0 radical (unpaired) electrons. The molecule has 0 spiro atoms. The standard InChI is InChI=1S/C23H28N4O7/c1-4-25(3)13-18(28)24-14(2)23(33)34-12-11-26-19(29)10-9-17(22(26)32)27-20(30)15-7-5-6-8-16(15)21(27)31/h5-8,14,17H,4,9-13H2,1-3H3,(H,24,28)/t14-,17?/m0/s1. The molecule has 2 aliphatic heterocycles. The van der Waals surface area contributed by atoms with Crippen molar-refractivity contribution < 1.29 is 33.5 Å². The van der Waals surface area contributed by atoms with Crippen LogP contribution in [0.4, 0.5) is 0 Å². The van der Waals surface area contributed by atoms with Crippen molar-refractivity contribution in [3.8, 4) is 0 Å². The molecule has 2 aliphatic rings. The van der Waals surface area contributed by atoms with Crippen molar-refractivity contribution in [3.05, 3.63) is 35.4 Å². The molecule has 11 nitrogen and oxygen atoms in total. The first kappa shape index (κ1) is 25.0. The molecule has 1 unspecified atom stereocenters. The summed E-state index contributed by atoms with van der Waals surface area (Å²) in [6.07, 6.45) is 0.00383. The number of hydrogen-bond acceptors (Lipinski definition) is 8. The first-order valence-corrected chi connectivity index (χ1v) is 11.1. The maximum absolute atomic E-state index is 13.0. The molecule has 1 N–H and O–H groups in total. The lowest BCUT2D eigenvalue weighted by Gasteiger charge is -2.34. The summed E-state index contributed by atoms with van der Waals surface area (Å²) < 4.78 is 5.13. The minimum Gasteiger partial charge on any atom is -0.462 e. The van der Waals surface area contributed by atoms with Gasteiger partial charge < -0.3 is 10.1 Å². The predicted molar refractivity (Wildman–Crippen MR) is 118 cm³/mol. The van der Waals surface area contributed by atoms with Crippen LogP contribution in [0.25, 0.3) is 0 Å². The number of rotatable bonds is 9. The van der Waals surface area contributed by atoms with E-state index in [1.54, 1.807) is 24.1 Å². The molecule has 1 saturated heterocycles. The Kier molecular flexibility index (Phi) is 7.77. The van der Waals surface area contributed by atoms with Gasteiger partial charge in [0.15, 0.2) is 0 Å². The minimum absolute atomic E-state index is 0.0326.